The topological polar surface area (TPSA) is 91.9 Å². The summed E-state index contributed by atoms with van der Waals surface area (Å²) in [5.41, 5.74) is 1.76. The molecule has 6 nitrogen and oxygen atoms in total. The summed E-state index contributed by atoms with van der Waals surface area (Å²) in [4.78, 5) is 10.8. The molecule has 1 atom stereocenters. The van der Waals surface area contributed by atoms with Crippen LogP contribution in [0.3, 0.4) is 0 Å². The van der Waals surface area contributed by atoms with Crippen molar-refractivity contribution in [1.82, 2.24) is 0 Å². The van der Waals surface area contributed by atoms with E-state index in [0.717, 1.165) is 11.3 Å². The van der Waals surface area contributed by atoms with Gasteiger partial charge in [0.1, 0.15) is 18.1 Å². The molecule has 2 aromatic rings. The van der Waals surface area contributed by atoms with Crippen molar-refractivity contribution in [3.8, 4) is 5.75 Å². The van der Waals surface area contributed by atoms with E-state index < -0.39 is 12.1 Å². The van der Waals surface area contributed by atoms with Crippen LogP contribution >= 0.6 is 11.6 Å². The number of hydrogen-bond acceptors (Lipinski definition) is 5. The predicted octanol–water partition coefficient (Wildman–Crippen LogP) is 2.88. The molecule has 0 aliphatic heterocycles. The summed E-state index contributed by atoms with van der Waals surface area (Å²) in [6.45, 7) is 2.34. The van der Waals surface area contributed by atoms with Gasteiger partial charge in [-0.05, 0) is 36.8 Å². The SMILES string of the molecule is Cc1ccc(OCc2ccc(C(=O)O)o2)c(NCC(O)CCl)c1. The maximum Gasteiger partial charge on any atom is 0.371 e. The van der Waals surface area contributed by atoms with Crippen LogP contribution in [0.25, 0.3) is 0 Å². The average molecular weight is 340 g/mol. The van der Waals surface area contributed by atoms with Crippen LogP contribution in [0.4, 0.5) is 5.69 Å². The molecule has 0 amide bonds. The van der Waals surface area contributed by atoms with Crippen LogP contribution in [0.15, 0.2) is 34.7 Å². The zero-order valence-corrected chi connectivity index (χ0v) is 13.3. The van der Waals surface area contributed by atoms with Crippen LogP contribution in [-0.4, -0.2) is 34.7 Å². The summed E-state index contributed by atoms with van der Waals surface area (Å²) < 4.78 is 10.8. The van der Waals surface area contributed by atoms with Gasteiger partial charge < -0.3 is 24.7 Å². The van der Waals surface area contributed by atoms with Crippen molar-refractivity contribution >= 4 is 23.3 Å². The van der Waals surface area contributed by atoms with Crippen LogP contribution < -0.4 is 10.1 Å². The number of ether oxygens (including phenoxy) is 1. The number of aromatic carboxylic acids is 1. The lowest BCUT2D eigenvalue weighted by atomic mass is 10.2. The summed E-state index contributed by atoms with van der Waals surface area (Å²) in [5, 5.41) is 21.4. The molecular weight excluding hydrogens is 322 g/mol. The highest BCUT2D eigenvalue weighted by atomic mass is 35.5. The Morgan fingerprint density at radius 1 is 1.39 bits per heavy atom. The summed E-state index contributed by atoms with van der Waals surface area (Å²) in [7, 11) is 0. The van der Waals surface area contributed by atoms with E-state index in [-0.39, 0.29) is 18.2 Å². The average Bonchev–Trinajstić information content (AvgIpc) is 3.00. The van der Waals surface area contributed by atoms with Gasteiger partial charge in [0.25, 0.3) is 0 Å². The molecule has 1 heterocycles. The molecule has 0 bridgehead atoms. The number of benzene rings is 1. The summed E-state index contributed by atoms with van der Waals surface area (Å²) in [5.74, 6) is -0.125. The number of aliphatic hydroxyl groups is 1. The van der Waals surface area contributed by atoms with E-state index in [1.807, 2.05) is 19.1 Å². The van der Waals surface area contributed by atoms with E-state index in [1.165, 1.54) is 6.07 Å². The molecule has 124 valence electrons. The Hall–Kier alpha value is -2.18. The van der Waals surface area contributed by atoms with Crippen LogP contribution in [-0.2, 0) is 6.61 Å². The largest absolute Gasteiger partial charge is 0.483 e. The molecule has 0 aliphatic rings. The van der Waals surface area contributed by atoms with Crippen LogP contribution in [0.2, 0.25) is 0 Å². The van der Waals surface area contributed by atoms with E-state index in [1.54, 1.807) is 12.1 Å². The van der Waals surface area contributed by atoms with Gasteiger partial charge in [0.2, 0.25) is 5.76 Å². The number of halogens is 1. The smallest absolute Gasteiger partial charge is 0.371 e. The number of aryl methyl sites for hydroxylation is 1. The lowest BCUT2D eigenvalue weighted by molar-refractivity contribution is 0.0658. The van der Waals surface area contributed by atoms with Crippen molar-refractivity contribution < 1.29 is 24.2 Å². The molecule has 3 N–H and O–H groups in total. The third-order valence-electron chi connectivity index (χ3n) is 3.08. The molecule has 0 spiro atoms. The monoisotopic (exact) mass is 339 g/mol. The lowest BCUT2D eigenvalue weighted by Gasteiger charge is -2.15. The fourth-order valence-electron chi connectivity index (χ4n) is 1.91. The van der Waals surface area contributed by atoms with Gasteiger partial charge in [-0.1, -0.05) is 6.07 Å². The highest BCUT2D eigenvalue weighted by molar-refractivity contribution is 6.18. The molecule has 1 aromatic heterocycles. The highest BCUT2D eigenvalue weighted by Gasteiger charge is 2.11. The molecule has 1 aromatic carbocycles. The Morgan fingerprint density at radius 3 is 2.83 bits per heavy atom. The van der Waals surface area contributed by atoms with Crippen molar-refractivity contribution in [1.29, 1.82) is 0 Å². The Bertz CT molecular complexity index is 670. The molecule has 0 radical (unpaired) electrons. The molecule has 23 heavy (non-hydrogen) atoms. The number of alkyl halides is 1. The maximum absolute atomic E-state index is 10.8. The molecule has 0 saturated heterocycles. The minimum absolute atomic E-state index is 0.100. The minimum Gasteiger partial charge on any atom is -0.483 e. The highest BCUT2D eigenvalue weighted by Crippen LogP contribution is 2.27. The number of carboxylic acids is 1. The van der Waals surface area contributed by atoms with Gasteiger partial charge in [-0.3, -0.25) is 0 Å². The third-order valence-corrected chi connectivity index (χ3v) is 3.44. The second-order valence-electron chi connectivity index (χ2n) is 5.05. The molecule has 1 unspecified atom stereocenters. The van der Waals surface area contributed by atoms with Crippen molar-refractivity contribution in [2.45, 2.75) is 19.6 Å². The first kappa shape index (κ1) is 17.2. The Labute approximate surface area is 138 Å². The number of hydrogen-bond donors (Lipinski definition) is 3. The lowest BCUT2D eigenvalue weighted by Crippen LogP contribution is -2.21. The second kappa shape index (κ2) is 7.89. The van der Waals surface area contributed by atoms with E-state index >= 15 is 0 Å². The van der Waals surface area contributed by atoms with Gasteiger partial charge in [-0.25, -0.2) is 4.79 Å². The first-order chi connectivity index (χ1) is 11.0. The van der Waals surface area contributed by atoms with Gasteiger partial charge in [0, 0.05) is 6.54 Å². The van der Waals surface area contributed by atoms with Gasteiger partial charge in [0.15, 0.2) is 0 Å². The Kier molecular flexibility index (Phi) is 5.90. The molecule has 0 aliphatic carbocycles. The van der Waals surface area contributed by atoms with Gasteiger partial charge in [-0.2, -0.15) is 0 Å². The van der Waals surface area contributed by atoms with E-state index in [2.05, 4.69) is 5.32 Å². The van der Waals surface area contributed by atoms with E-state index in [9.17, 15) is 9.90 Å². The molecule has 0 fully saturated rings. The molecular formula is C16H18ClNO5. The number of carbonyl (C=O) groups is 1. The molecule has 2 rings (SSSR count). The number of anilines is 1. The van der Waals surface area contributed by atoms with Crippen molar-refractivity contribution in [3.05, 3.63) is 47.4 Å². The molecule has 7 heteroatoms. The maximum atomic E-state index is 10.8. The fourth-order valence-corrected chi connectivity index (χ4v) is 2.02. The van der Waals surface area contributed by atoms with Crippen molar-refractivity contribution in [3.63, 3.8) is 0 Å². The zero-order valence-electron chi connectivity index (χ0n) is 12.6. The fraction of sp³-hybridized carbons (Fsp3) is 0.312. The van der Waals surface area contributed by atoms with Crippen LogP contribution in [0, 0.1) is 6.92 Å². The van der Waals surface area contributed by atoms with Gasteiger partial charge in [-0.15, -0.1) is 11.6 Å². The third kappa shape index (κ3) is 4.91. The number of carboxylic acid groups (broad SMARTS) is 1. The number of aliphatic hydroxyl groups excluding tert-OH is 1. The summed E-state index contributed by atoms with van der Waals surface area (Å²) in [6, 6.07) is 8.52. The zero-order chi connectivity index (χ0) is 16.8. The Morgan fingerprint density at radius 2 is 2.17 bits per heavy atom. The van der Waals surface area contributed by atoms with E-state index in [0.29, 0.717) is 18.1 Å². The summed E-state index contributed by atoms with van der Waals surface area (Å²) in [6.07, 6.45) is -0.659. The number of nitrogens with one attached hydrogen (secondary N) is 1. The van der Waals surface area contributed by atoms with Gasteiger partial charge in [0.05, 0.1) is 17.7 Å². The van der Waals surface area contributed by atoms with E-state index in [4.69, 9.17) is 25.9 Å². The number of rotatable bonds is 8. The second-order valence-corrected chi connectivity index (χ2v) is 5.36. The standard InChI is InChI=1S/C16H18ClNO5/c1-10-2-4-14(13(6-10)18-8-11(19)7-17)22-9-12-3-5-15(23-12)16(20)21/h2-6,11,18-19H,7-9H2,1H3,(H,20,21). The first-order valence-corrected chi connectivity index (χ1v) is 7.56. The summed E-state index contributed by atoms with van der Waals surface area (Å²) >= 11 is 5.58. The van der Waals surface area contributed by atoms with Crippen molar-refractivity contribution in [2.24, 2.45) is 0 Å². The number of furan rings is 1. The van der Waals surface area contributed by atoms with Crippen molar-refractivity contribution in [2.75, 3.05) is 17.7 Å². The normalized spacial score (nSPS) is 12.0. The van der Waals surface area contributed by atoms with Crippen LogP contribution in [0.1, 0.15) is 21.9 Å². The first-order valence-electron chi connectivity index (χ1n) is 7.03. The molecule has 0 saturated carbocycles. The minimum atomic E-state index is -1.12. The van der Waals surface area contributed by atoms with Crippen LogP contribution in [0.5, 0.6) is 5.75 Å². The quantitative estimate of drug-likeness (QED) is 0.640. The predicted molar refractivity (Wildman–Crippen MR) is 86.4 cm³/mol. The van der Waals surface area contributed by atoms with Gasteiger partial charge >= 0.3 is 5.97 Å². The Balaban J connectivity index is 2.04.